The minimum absolute atomic E-state index is 0.0690. The number of nitrogens with two attached hydrogens (primary N) is 1. The summed E-state index contributed by atoms with van der Waals surface area (Å²) in [6, 6.07) is -3.18. The van der Waals surface area contributed by atoms with Gasteiger partial charge in [0.05, 0.1) is 6.61 Å². The third kappa shape index (κ3) is 7.55. The van der Waals surface area contributed by atoms with Gasteiger partial charge < -0.3 is 26.6 Å². The number of aliphatic carboxylic acids is 1. The van der Waals surface area contributed by atoms with Crippen molar-refractivity contribution in [3.8, 4) is 0 Å². The largest absolute Gasteiger partial charge is 0.480 e. The number of rotatable bonds is 10. The lowest BCUT2D eigenvalue weighted by Gasteiger charge is -2.21. The van der Waals surface area contributed by atoms with Crippen LogP contribution in [0.1, 0.15) is 6.42 Å². The number of hydrogen-bond acceptors (Lipinski definition) is 7. The van der Waals surface area contributed by atoms with Crippen molar-refractivity contribution >= 4 is 42.2 Å². The van der Waals surface area contributed by atoms with E-state index in [-0.39, 0.29) is 5.75 Å². The Hall–Kier alpha value is -0.970. The van der Waals surface area contributed by atoms with Crippen molar-refractivity contribution < 1.29 is 24.6 Å². The number of carbonyl (C=O) groups excluding carboxylic acids is 2. The zero-order valence-corrected chi connectivity index (χ0v) is 13.3. The van der Waals surface area contributed by atoms with Crippen LogP contribution in [0.25, 0.3) is 0 Å². The standard InChI is InChI=1S/C11H21N3O5S2/c1-21-3-2-7(13-9(16)6(12)4-15)10(17)14-8(5-20)11(18)19/h6-8,15,20H,2-5,12H2,1H3,(H,13,16)(H,14,17)(H,18,19)/t6-,7-,8-/m0/s1. The number of amides is 2. The number of aliphatic hydroxyl groups is 1. The van der Waals surface area contributed by atoms with E-state index in [1.807, 2.05) is 6.26 Å². The molecule has 0 aromatic rings. The fraction of sp³-hybridized carbons (Fsp3) is 0.727. The Morgan fingerprint density at radius 3 is 2.24 bits per heavy atom. The number of thioether (sulfide) groups is 1. The average Bonchev–Trinajstić information content (AvgIpc) is 2.46. The molecule has 122 valence electrons. The Kier molecular flexibility index (Phi) is 10.2. The highest BCUT2D eigenvalue weighted by Gasteiger charge is 2.26. The van der Waals surface area contributed by atoms with Crippen molar-refractivity contribution in [1.82, 2.24) is 10.6 Å². The molecule has 0 aromatic heterocycles. The predicted octanol–water partition coefficient (Wildman–Crippen LogP) is -1.96. The van der Waals surface area contributed by atoms with Crippen LogP contribution in [0.15, 0.2) is 0 Å². The van der Waals surface area contributed by atoms with Gasteiger partial charge in [0.1, 0.15) is 18.1 Å². The van der Waals surface area contributed by atoms with E-state index < -0.39 is 42.5 Å². The molecule has 8 nitrogen and oxygen atoms in total. The van der Waals surface area contributed by atoms with Gasteiger partial charge in [0.15, 0.2) is 0 Å². The van der Waals surface area contributed by atoms with E-state index in [0.717, 1.165) is 0 Å². The minimum Gasteiger partial charge on any atom is -0.480 e. The van der Waals surface area contributed by atoms with Gasteiger partial charge in [-0.2, -0.15) is 24.4 Å². The smallest absolute Gasteiger partial charge is 0.327 e. The number of nitrogens with one attached hydrogen (secondary N) is 2. The molecule has 6 N–H and O–H groups in total. The van der Waals surface area contributed by atoms with Gasteiger partial charge in [0.2, 0.25) is 11.8 Å². The van der Waals surface area contributed by atoms with Crippen molar-refractivity contribution in [1.29, 1.82) is 0 Å². The summed E-state index contributed by atoms with van der Waals surface area (Å²) in [6.45, 7) is -0.545. The molecular formula is C11H21N3O5S2. The van der Waals surface area contributed by atoms with Crippen LogP contribution < -0.4 is 16.4 Å². The van der Waals surface area contributed by atoms with Gasteiger partial charge in [-0.1, -0.05) is 0 Å². The number of carbonyl (C=O) groups is 3. The van der Waals surface area contributed by atoms with E-state index in [0.29, 0.717) is 12.2 Å². The molecule has 0 unspecified atom stereocenters. The summed E-state index contributed by atoms with van der Waals surface area (Å²) in [5, 5.41) is 22.4. The molecule has 0 spiro atoms. The molecule has 3 atom stereocenters. The van der Waals surface area contributed by atoms with E-state index in [1.165, 1.54) is 11.8 Å². The normalized spacial score (nSPS) is 14.9. The van der Waals surface area contributed by atoms with Crippen LogP contribution in [0.4, 0.5) is 0 Å². The molecule has 0 aliphatic rings. The predicted molar refractivity (Wildman–Crippen MR) is 83.4 cm³/mol. The maximum absolute atomic E-state index is 12.0. The maximum atomic E-state index is 12.0. The van der Waals surface area contributed by atoms with Crippen molar-refractivity contribution in [2.24, 2.45) is 5.73 Å². The molecule has 0 saturated heterocycles. The second-order valence-electron chi connectivity index (χ2n) is 4.21. The SMILES string of the molecule is CSCC[C@H](NC(=O)[C@@H](N)CO)C(=O)N[C@@H](CS)C(=O)O. The van der Waals surface area contributed by atoms with E-state index in [2.05, 4.69) is 23.3 Å². The highest BCUT2D eigenvalue weighted by Crippen LogP contribution is 2.02. The first-order valence-electron chi connectivity index (χ1n) is 6.17. The third-order valence-corrected chi connectivity index (χ3v) is 3.58. The zero-order valence-electron chi connectivity index (χ0n) is 11.6. The first-order valence-corrected chi connectivity index (χ1v) is 8.19. The molecule has 0 bridgehead atoms. The van der Waals surface area contributed by atoms with Crippen LogP contribution in [0.5, 0.6) is 0 Å². The molecular weight excluding hydrogens is 318 g/mol. The topological polar surface area (TPSA) is 142 Å². The fourth-order valence-electron chi connectivity index (χ4n) is 1.32. The number of carboxylic acid groups (broad SMARTS) is 1. The highest BCUT2D eigenvalue weighted by atomic mass is 32.2. The van der Waals surface area contributed by atoms with Gasteiger partial charge in [-0.15, -0.1) is 0 Å². The summed E-state index contributed by atoms with van der Waals surface area (Å²) in [6.07, 6.45) is 2.15. The summed E-state index contributed by atoms with van der Waals surface area (Å²) in [5.74, 6) is -1.98. The Labute approximate surface area is 132 Å². The Balaban J connectivity index is 4.76. The highest BCUT2D eigenvalue weighted by molar-refractivity contribution is 7.98. The van der Waals surface area contributed by atoms with Gasteiger partial charge in [-0.3, -0.25) is 9.59 Å². The third-order valence-electron chi connectivity index (χ3n) is 2.57. The van der Waals surface area contributed by atoms with Gasteiger partial charge in [-0.25, -0.2) is 4.79 Å². The summed E-state index contributed by atoms with van der Waals surface area (Å²) >= 11 is 5.32. The molecule has 0 aromatic carbocycles. The van der Waals surface area contributed by atoms with Gasteiger partial charge in [-0.05, 0) is 18.4 Å². The summed E-state index contributed by atoms with van der Waals surface area (Å²) in [4.78, 5) is 34.5. The van der Waals surface area contributed by atoms with Crippen LogP contribution in [0, 0.1) is 0 Å². The van der Waals surface area contributed by atoms with E-state index in [1.54, 1.807) is 0 Å². The van der Waals surface area contributed by atoms with Gasteiger partial charge in [0.25, 0.3) is 0 Å². The first-order chi connectivity index (χ1) is 9.87. The van der Waals surface area contributed by atoms with Crippen LogP contribution in [0.3, 0.4) is 0 Å². The first kappa shape index (κ1) is 20.0. The summed E-state index contributed by atoms with van der Waals surface area (Å²) < 4.78 is 0. The Morgan fingerprint density at radius 2 is 1.81 bits per heavy atom. The molecule has 10 heteroatoms. The average molecular weight is 339 g/mol. The van der Waals surface area contributed by atoms with Crippen molar-refractivity contribution in [3.05, 3.63) is 0 Å². The van der Waals surface area contributed by atoms with Crippen molar-refractivity contribution in [2.45, 2.75) is 24.5 Å². The molecule has 0 saturated carbocycles. The second-order valence-corrected chi connectivity index (χ2v) is 5.56. The lowest BCUT2D eigenvalue weighted by Crippen LogP contribution is -2.55. The number of aliphatic hydroxyl groups excluding tert-OH is 1. The van der Waals surface area contributed by atoms with Crippen LogP contribution in [-0.4, -0.2) is 70.5 Å². The molecule has 0 rings (SSSR count). The van der Waals surface area contributed by atoms with E-state index in [9.17, 15) is 14.4 Å². The fourth-order valence-corrected chi connectivity index (χ4v) is 2.04. The maximum Gasteiger partial charge on any atom is 0.327 e. The monoisotopic (exact) mass is 339 g/mol. The van der Waals surface area contributed by atoms with Crippen LogP contribution in [-0.2, 0) is 14.4 Å². The van der Waals surface area contributed by atoms with E-state index in [4.69, 9.17) is 15.9 Å². The van der Waals surface area contributed by atoms with Gasteiger partial charge in [0, 0.05) is 5.75 Å². The minimum atomic E-state index is -1.21. The number of hydrogen-bond donors (Lipinski definition) is 6. The molecule has 0 aliphatic carbocycles. The molecule has 0 fully saturated rings. The lowest BCUT2D eigenvalue weighted by molar-refractivity contribution is -0.141. The molecule has 21 heavy (non-hydrogen) atoms. The second kappa shape index (κ2) is 10.7. The van der Waals surface area contributed by atoms with Crippen LogP contribution >= 0.6 is 24.4 Å². The molecule has 0 heterocycles. The molecule has 0 aliphatic heterocycles. The summed E-state index contributed by atoms with van der Waals surface area (Å²) in [7, 11) is 0. The van der Waals surface area contributed by atoms with Crippen molar-refractivity contribution in [2.75, 3.05) is 24.4 Å². The van der Waals surface area contributed by atoms with Crippen molar-refractivity contribution in [3.63, 3.8) is 0 Å². The number of thiol groups is 1. The van der Waals surface area contributed by atoms with E-state index >= 15 is 0 Å². The lowest BCUT2D eigenvalue weighted by atomic mass is 10.1. The quantitative estimate of drug-likeness (QED) is 0.254. The molecule has 0 radical (unpaired) electrons. The number of carboxylic acids is 1. The Morgan fingerprint density at radius 1 is 1.24 bits per heavy atom. The summed E-state index contributed by atoms with van der Waals surface area (Å²) in [5.41, 5.74) is 5.36. The van der Waals surface area contributed by atoms with Crippen LogP contribution in [0.2, 0.25) is 0 Å². The van der Waals surface area contributed by atoms with Gasteiger partial charge >= 0.3 is 5.97 Å². The zero-order chi connectivity index (χ0) is 16.4. The molecule has 2 amide bonds. The Bertz CT molecular complexity index is 370.